The summed E-state index contributed by atoms with van der Waals surface area (Å²) in [6, 6.07) is 0.382. The molecule has 29 heteroatoms. The summed E-state index contributed by atoms with van der Waals surface area (Å²) in [5.41, 5.74) is 9.46. The second-order valence-electron chi connectivity index (χ2n) is 9.37. The van der Waals surface area contributed by atoms with Gasteiger partial charge in [-0.3, -0.25) is 23.5 Å². The number of nitrogens with one attached hydrogen (secondary N) is 3. The number of nitrogens with two attached hydrogens (primary N) is 2. The van der Waals surface area contributed by atoms with Gasteiger partial charge in [-0.05, 0) is 6.07 Å². The number of phosphoric ester groups is 2. The van der Waals surface area contributed by atoms with Crippen LogP contribution in [0.4, 0.5) is 23.3 Å². The minimum Gasteiger partial charge on any atom is -0.783 e. The van der Waals surface area contributed by atoms with Gasteiger partial charge in [0.2, 0.25) is 5.95 Å². The number of nitrogens with zero attached hydrogens (tertiary/aromatic N) is 3. The maximum absolute atomic E-state index is 12.3. The summed E-state index contributed by atoms with van der Waals surface area (Å²) in [5.74, 6) is -0.285. The van der Waals surface area contributed by atoms with Gasteiger partial charge in [0, 0.05) is 6.20 Å². The van der Waals surface area contributed by atoms with Crippen molar-refractivity contribution in [2.24, 2.45) is 0 Å². The van der Waals surface area contributed by atoms with Crippen molar-refractivity contribution in [3.8, 4) is 0 Å². The molecule has 2 unspecified atom stereocenters. The van der Waals surface area contributed by atoms with Crippen LogP contribution in [0.2, 0.25) is 0 Å². The molecule has 1 fully saturated rings. The molecule has 5 rings (SSSR count). The van der Waals surface area contributed by atoms with Crippen molar-refractivity contribution in [3.05, 3.63) is 42.9 Å². The number of nitrogen functional groups attached to an aromatic ring is 2. The molecule has 24 nitrogen and oxygen atoms in total. The molecule has 0 aliphatic carbocycles. The molecule has 2 aromatic rings. The summed E-state index contributed by atoms with van der Waals surface area (Å²) < 4.78 is 49.7. The number of rotatable bonds is 9. The van der Waals surface area contributed by atoms with Gasteiger partial charge in [-0.1, -0.05) is 0 Å². The number of aromatic nitrogens is 4. The standard InChI is InChI=1S/C19H26N8O13P2S2.Mo.3H2O/c20-7-1-2-27(19(31)22-7)17-11(29)10(28)5(39-17)3-36-41(32,33)40-42(34,35)37-4-6-12(43)13(44)8-16(38-6)24-14-9(23-8)15(30)26-18(21)25-14;;;;/h1-2,5-6,8,10-11,16-17,23,28-29,43-44H,3-4H2,(H,32,33)(H,34,35)(H2,20,22,31)(H4,21,24,25,26,30);;3*1H2/q;+2;;;/p-4/t5-,6-,8+,10-,11-,16-,17-;;;;/m1..../s1. The third-order valence-electron chi connectivity index (χ3n) is 6.39. The molecule has 0 amide bonds. The fraction of sp³-hybridized carbons (Fsp3) is 0.474. The molecule has 0 aromatic carbocycles. The fourth-order valence-corrected chi connectivity index (χ4v) is 6.94. The molecular weight excluding hydrogens is 818 g/mol. The van der Waals surface area contributed by atoms with E-state index in [2.05, 4.69) is 38.9 Å². The Balaban J connectivity index is 0.00000288. The smallest absolute Gasteiger partial charge is 0.783 e. The normalized spacial score (nSPS) is 28.2. The van der Waals surface area contributed by atoms with Crippen LogP contribution < -0.4 is 43.1 Å². The van der Waals surface area contributed by atoms with Crippen LogP contribution in [0, 0.1) is 0 Å². The molecule has 1 saturated heterocycles. The van der Waals surface area contributed by atoms with Gasteiger partial charge in [-0.2, -0.15) is 19.8 Å². The first-order valence-electron chi connectivity index (χ1n) is 12.2. The zero-order valence-corrected chi connectivity index (χ0v) is 29.0. The molecule has 15 N–H and O–H groups in total. The summed E-state index contributed by atoms with van der Waals surface area (Å²) in [4.78, 5) is 58.6. The zero-order valence-electron chi connectivity index (χ0n) is 23.6. The van der Waals surface area contributed by atoms with Crippen molar-refractivity contribution >= 4 is 64.2 Å². The molecule has 270 valence electrons. The largest absolute Gasteiger partial charge is 2.00 e. The van der Waals surface area contributed by atoms with Crippen LogP contribution in [0.3, 0.4) is 0 Å². The third-order valence-corrected chi connectivity index (χ3v) is 10.0. The predicted molar refractivity (Wildman–Crippen MR) is 159 cm³/mol. The van der Waals surface area contributed by atoms with Crippen molar-refractivity contribution in [3.63, 3.8) is 0 Å². The van der Waals surface area contributed by atoms with E-state index in [1.165, 1.54) is 6.07 Å². The minimum atomic E-state index is -5.68. The van der Waals surface area contributed by atoms with Crippen molar-refractivity contribution < 1.29 is 89.5 Å². The third kappa shape index (κ3) is 9.32. The van der Waals surface area contributed by atoms with Crippen LogP contribution >= 0.6 is 15.6 Å². The summed E-state index contributed by atoms with van der Waals surface area (Å²) in [6.45, 7) is -1.90. The first kappa shape index (κ1) is 43.8. The van der Waals surface area contributed by atoms with Crippen LogP contribution in [-0.4, -0.2) is 96.1 Å². The number of aliphatic hydroxyl groups excluding tert-OH is 2. The molecule has 0 radical (unpaired) electrons. The minimum absolute atomic E-state index is 0. The van der Waals surface area contributed by atoms with Crippen LogP contribution in [0.5, 0.6) is 0 Å². The monoisotopic (exact) mass is 848 g/mol. The van der Waals surface area contributed by atoms with Gasteiger partial charge in [-0.25, -0.2) is 9.11 Å². The van der Waals surface area contributed by atoms with E-state index in [4.69, 9.17) is 46.2 Å². The number of hydrogen-bond acceptors (Lipinski definition) is 21. The van der Waals surface area contributed by atoms with Gasteiger partial charge < -0.3 is 102 Å². The molecule has 9 atom stereocenters. The number of aliphatic hydroxyl groups is 2. The van der Waals surface area contributed by atoms with Gasteiger partial charge in [0.15, 0.2) is 18.3 Å². The van der Waals surface area contributed by atoms with Crippen molar-refractivity contribution in [1.82, 2.24) is 19.5 Å². The SMILES string of the molecule is Nc1ccn([C@@H]2O[C@H](COP(=O)([O-])OP(=O)([O-])OC[C@H]3O[C@H]4Nc5nc(N)[nH]c(=O)c5N[C@H]4C([S-])=C3[S-])[C@@H](O)[C@H]2O)c(=O)n1.O.O.O.[Mo+2]. The van der Waals surface area contributed by atoms with Gasteiger partial charge in [0.05, 0.1) is 25.4 Å². The van der Waals surface area contributed by atoms with E-state index in [0.717, 1.165) is 10.8 Å². The van der Waals surface area contributed by atoms with Crippen LogP contribution in [0.15, 0.2) is 31.7 Å². The molecule has 5 heterocycles. The number of hydrogen-bond donors (Lipinski definition) is 7. The topological polar surface area (TPSA) is 418 Å². The van der Waals surface area contributed by atoms with Crippen molar-refractivity contribution in [2.75, 3.05) is 35.3 Å². The maximum atomic E-state index is 12.3. The Labute approximate surface area is 293 Å². The Morgan fingerprint density at radius 3 is 2.23 bits per heavy atom. The number of H-pyrrole nitrogens is 1. The molecule has 3 aliphatic rings. The number of ether oxygens (including phenoxy) is 2. The number of anilines is 4. The van der Waals surface area contributed by atoms with E-state index in [9.17, 15) is 38.7 Å². The van der Waals surface area contributed by atoms with E-state index in [1.54, 1.807) is 0 Å². The maximum Gasteiger partial charge on any atom is 2.00 e. The first-order valence-corrected chi connectivity index (χ1v) is 15.9. The fourth-order valence-electron chi connectivity index (χ4n) is 4.37. The Morgan fingerprint density at radius 2 is 1.60 bits per heavy atom. The molecular formula is C19H28MoN8O16P2S2-2. The summed E-state index contributed by atoms with van der Waals surface area (Å²) in [6.07, 6.45) is -7.73. The summed E-state index contributed by atoms with van der Waals surface area (Å²) in [7, 11) is -11.3. The predicted octanol–water partition coefficient (Wildman–Crippen LogP) is -6.44. The quantitative estimate of drug-likeness (QED) is 0.0701. The van der Waals surface area contributed by atoms with Crippen LogP contribution in [-0.2, 0) is 78.3 Å². The van der Waals surface area contributed by atoms with Gasteiger partial charge >= 0.3 is 26.8 Å². The van der Waals surface area contributed by atoms with Gasteiger partial charge in [-0.15, -0.1) is 0 Å². The van der Waals surface area contributed by atoms with Gasteiger partial charge in [0.1, 0.15) is 29.8 Å². The Kier molecular flexibility index (Phi) is 15.2. The van der Waals surface area contributed by atoms with E-state index >= 15 is 0 Å². The van der Waals surface area contributed by atoms with E-state index < -0.39 is 83.0 Å². The molecule has 48 heavy (non-hydrogen) atoms. The molecule has 0 saturated carbocycles. The first-order chi connectivity index (χ1) is 20.5. The van der Waals surface area contributed by atoms with E-state index in [1.807, 2.05) is 0 Å². The average Bonchev–Trinajstić information content (AvgIpc) is 3.20. The molecule has 2 aromatic heterocycles. The summed E-state index contributed by atoms with van der Waals surface area (Å²) in [5, 5.41) is 26.1. The second kappa shape index (κ2) is 16.7. The van der Waals surface area contributed by atoms with Crippen LogP contribution in [0.25, 0.3) is 0 Å². The Morgan fingerprint density at radius 1 is 0.979 bits per heavy atom. The van der Waals surface area contributed by atoms with Crippen molar-refractivity contribution in [2.45, 2.75) is 42.9 Å². The molecule has 0 spiro atoms. The van der Waals surface area contributed by atoms with E-state index in [0.29, 0.717) is 0 Å². The Hall–Kier alpha value is -2.19. The van der Waals surface area contributed by atoms with E-state index in [-0.39, 0.29) is 70.6 Å². The van der Waals surface area contributed by atoms with Crippen LogP contribution in [0.1, 0.15) is 6.23 Å². The Bertz CT molecular complexity index is 1710. The zero-order chi connectivity index (χ0) is 32.1. The van der Waals surface area contributed by atoms with Gasteiger partial charge in [0.25, 0.3) is 21.2 Å². The average molecular weight is 846 g/mol. The van der Waals surface area contributed by atoms with Crippen molar-refractivity contribution in [1.29, 1.82) is 0 Å². The number of fused-ring (bicyclic) bond motifs is 2. The molecule has 3 aliphatic heterocycles. The summed E-state index contributed by atoms with van der Waals surface area (Å²) >= 11 is 10.6. The number of aromatic amines is 1. The molecule has 0 bridgehead atoms. The second-order valence-corrected chi connectivity index (χ2v) is 13.2. The number of phosphoric acid groups is 2.